The van der Waals surface area contributed by atoms with E-state index < -0.39 is 0 Å². The van der Waals surface area contributed by atoms with Crippen LogP contribution in [0.15, 0.2) is 30.3 Å². The summed E-state index contributed by atoms with van der Waals surface area (Å²) in [6.45, 7) is 4.05. The molecular formula is C28H35N3O6. The van der Waals surface area contributed by atoms with Crippen molar-refractivity contribution in [3.05, 3.63) is 41.5 Å². The number of amides is 2. The van der Waals surface area contributed by atoms with E-state index in [0.717, 1.165) is 63.2 Å². The molecule has 2 aromatic rings. The second-order valence-electron chi connectivity index (χ2n) is 9.85. The van der Waals surface area contributed by atoms with E-state index in [1.54, 1.807) is 26.4 Å². The normalized spacial score (nSPS) is 18.8. The monoisotopic (exact) mass is 509 g/mol. The van der Waals surface area contributed by atoms with Gasteiger partial charge in [-0.2, -0.15) is 0 Å². The molecule has 0 aliphatic carbocycles. The Kier molecular flexibility index (Phi) is 7.69. The summed E-state index contributed by atoms with van der Waals surface area (Å²) in [5, 5.41) is 2.93. The molecule has 1 fully saturated rings. The predicted molar refractivity (Wildman–Crippen MR) is 138 cm³/mol. The Morgan fingerprint density at radius 2 is 1.81 bits per heavy atom. The maximum absolute atomic E-state index is 13.4. The van der Waals surface area contributed by atoms with Crippen LogP contribution in [0.2, 0.25) is 0 Å². The number of hydrogen-bond donors (Lipinski definition) is 1. The van der Waals surface area contributed by atoms with Crippen molar-refractivity contribution in [3.63, 3.8) is 0 Å². The molecule has 2 aromatic carbocycles. The average molecular weight is 510 g/mol. The standard InChI is InChI=1S/C28H35N3O6/c1-34-24-13-19-9-12-31(17-21(19)14-25(24)35-2)28(33)20-5-3-10-30(16-20)11-4-6-27(32)29-22-7-8-23-26(15-22)37-18-36-23/h7-8,13-15,20H,3-6,9-12,16-18H2,1-2H3,(H,29,32). The first-order chi connectivity index (χ1) is 18.0. The number of fused-ring (bicyclic) bond motifs is 2. The van der Waals surface area contributed by atoms with Crippen molar-refractivity contribution in [2.45, 2.75) is 38.6 Å². The zero-order chi connectivity index (χ0) is 25.8. The molecule has 1 saturated heterocycles. The van der Waals surface area contributed by atoms with Crippen LogP contribution in [0.4, 0.5) is 5.69 Å². The van der Waals surface area contributed by atoms with Gasteiger partial charge < -0.3 is 34.1 Å². The summed E-state index contributed by atoms with van der Waals surface area (Å²) in [7, 11) is 3.27. The third-order valence-corrected chi connectivity index (χ3v) is 7.42. The SMILES string of the molecule is COc1cc2c(cc1OC)CN(C(=O)C1CCCN(CCCC(=O)Nc3ccc4c(c3)OCO4)C1)CC2. The minimum absolute atomic E-state index is 0.00194. The first-order valence-electron chi connectivity index (χ1n) is 13.0. The Bertz CT molecular complexity index is 1150. The van der Waals surface area contributed by atoms with Gasteiger partial charge in [0.05, 0.1) is 20.1 Å². The first-order valence-corrected chi connectivity index (χ1v) is 13.0. The van der Waals surface area contributed by atoms with Gasteiger partial charge in [0, 0.05) is 37.8 Å². The summed E-state index contributed by atoms with van der Waals surface area (Å²) in [5.74, 6) is 2.97. The van der Waals surface area contributed by atoms with E-state index in [9.17, 15) is 9.59 Å². The number of likely N-dealkylation sites (tertiary alicyclic amines) is 1. The Morgan fingerprint density at radius 1 is 1.03 bits per heavy atom. The quantitative estimate of drug-likeness (QED) is 0.583. The molecule has 1 N–H and O–H groups in total. The van der Waals surface area contributed by atoms with Gasteiger partial charge in [-0.05, 0) is 74.2 Å². The minimum Gasteiger partial charge on any atom is -0.493 e. The van der Waals surface area contributed by atoms with Gasteiger partial charge in [-0.1, -0.05) is 0 Å². The maximum Gasteiger partial charge on any atom is 0.231 e. The fraction of sp³-hybridized carbons (Fsp3) is 0.500. The highest BCUT2D eigenvalue weighted by atomic mass is 16.7. The van der Waals surface area contributed by atoms with Crippen LogP contribution in [0.1, 0.15) is 36.8 Å². The van der Waals surface area contributed by atoms with Crippen LogP contribution in [-0.4, -0.2) is 68.8 Å². The van der Waals surface area contributed by atoms with E-state index in [1.165, 1.54) is 5.56 Å². The number of carbonyl (C=O) groups is 2. The summed E-state index contributed by atoms with van der Waals surface area (Å²) in [5.41, 5.74) is 3.04. The molecule has 0 bridgehead atoms. The van der Waals surface area contributed by atoms with Crippen LogP contribution in [0, 0.1) is 5.92 Å². The number of benzene rings is 2. The molecule has 0 spiro atoms. The van der Waals surface area contributed by atoms with Crippen LogP contribution in [0.25, 0.3) is 0 Å². The van der Waals surface area contributed by atoms with Crippen LogP contribution >= 0.6 is 0 Å². The van der Waals surface area contributed by atoms with Gasteiger partial charge in [-0.15, -0.1) is 0 Å². The summed E-state index contributed by atoms with van der Waals surface area (Å²) in [6, 6.07) is 9.43. The van der Waals surface area contributed by atoms with Crippen LogP contribution in [0.3, 0.4) is 0 Å². The molecule has 0 radical (unpaired) electrons. The fourth-order valence-corrected chi connectivity index (χ4v) is 5.45. The third kappa shape index (κ3) is 5.77. The summed E-state index contributed by atoms with van der Waals surface area (Å²) in [4.78, 5) is 30.2. The molecule has 3 aliphatic heterocycles. The van der Waals surface area contributed by atoms with Crippen molar-refractivity contribution in [2.75, 3.05) is 52.5 Å². The Hall–Kier alpha value is -3.46. The lowest BCUT2D eigenvalue weighted by molar-refractivity contribution is -0.138. The molecule has 3 heterocycles. The Morgan fingerprint density at radius 3 is 2.62 bits per heavy atom. The topological polar surface area (TPSA) is 89.6 Å². The number of anilines is 1. The molecule has 198 valence electrons. The van der Waals surface area contributed by atoms with Crippen molar-refractivity contribution in [1.29, 1.82) is 0 Å². The lowest BCUT2D eigenvalue weighted by Gasteiger charge is -2.37. The Labute approximate surface area is 217 Å². The number of rotatable bonds is 8. The molecule has 0 saturated carbocycles. The summed E-state index contributed by atoms with van der Waals surface area (Å²) in [6.07, 6.45) is 3.90. The van der Waals surface area contributed by atoms with Crippen molar-refractivity contribution in [2.24, 2.45) is 5.92 Å². The highest BCUT2D eigenvalue weighted by Crippen LogP contribution is 2.35. The van der Waals surface area contributed by atoms with E-state index in [2.05, 4.69) is 10.2 Å². The number of piperidine rings is 1. The zero-order valence-corrected chi connectivity index (χ0v) is 21.6. The van der Waals surface area contributed by atoms with Gasteiger partial charge in [-0.3, -0.25) is 9.59 Å². The molecule has 0 aromatic heterocycles. The lowest BCUT2D eigenvalue weighted by Crippen LogP contribution is -2.46. The summed E-state index contributed by atoms with van der Waals surface area (Å²) < 4.78 is 21.6. The molecule has 2 amide bonds. The molecule has 3 aliphatic rings. The lowest BCUT2D eigenvalue weighted by atomic mass is 9.93. The van der Waals surface area contributed by atoms with Gasteiger partial charge in [0.25, 0.3) is 0 Å². The number of hydrogen-bond acceptors (Lipinski definition) is 7. The average Bonchev–Trinajstić information content (AvgIpc) is 3.39. The van der Waals surface area contributed by atoms with Gasteiger partial charge in [-0.25, -0.2) is 0 Å². The molecule has 9 heteroatoms. The second kappa shape index (κ2) is 11.3. The van der Waals surface area contributed by atoms with Crippen LogP contribution in [-0.2, 0) is 22.6 Å². The van der Waals surface area contributed by atoms with E-state index >= 15 is 0 Å². The van der Waals surface area contributed by atoms with Crippen molar-refractivity contribution in [3.8, 4) is 23.0 Å². The second-order valence-corrected chi connectivity index (χ2v) is 9.85. The fourth-order valence-electron chi connectivity index (χ4n) is 5.45. The Balaban J connectivity index is 1.09. The molecule has 37 heavy (non-hydrogen) atoms. The van der Waals surface area contributed by atoms with E-state index in [-0.39, 0.29) is 24.5 Å². The van der Waals surface area contributed by atoms with Gasteiger partial charge >= 0.3 is 0 Å². The summed E-state index contributed by atoms with van der Waals surface area (Å²) >= 11 is 0. The number of nitrogens with one attached hydrogen (secondary N) is 1. The van der Waals surface area contributed by atoms with Crippen LogP contribution < -0.4 is 24.3 Å². The van der Waals surface area contributed by atoms with E-state index in [1.807, 2.05) is 23.1 Å². The predicted octanol–water partition coefficient (Wildman–Crippen LogP) is 3.45. The smallest absolute Gasteiger partial charge is 0.231 e. The number of nitrogens with zero attached hydrogens (tertiary/aromatic N) is 2. The third-order valence-electron chi connectivity index (χ3n) is 7.42. The number of methoxy groups -OCH3 is 2. The maximum atomic E-state index is 13.4. The molecule has 5 rings (SSSR count). The number of carbonyl (C=O) groups excluding carboxylic acids is 2. The van der Waals surface area contributed by atoms with Gasteiger partial charge in [0.1, 0.15) is 0 Å². The zero-order valence-electron chi connectivity index (χ0n) is 21.6. The van der Waals surface area contributed by atoms with Gasteiger partial charge in [0.15, 0.2) is 23.0 Å². The number of ether oxygens (including phenoxy) is 4. The molecular weight excluding hydrogens is 474 g/mol. The first kappa shape index (κ1) is 25.2. The highest BCUT2D eigenvalue weighted by Gasteiger charge is 2.31. The van der Waals surface area contributed by atoms with E-state index in [4.69, 9.17) is 18.9 Å². The van der Waals surface area contributed by atoms with Crippen molar-refractivity contribution < 1.29 is 28.5 Å². The van der Waals surface area contributed by atoms with Crippen molar-refractivity contribution in [1.82, 2.24) is 9.80 Å². The largest absolute Gasteiger partial charge is 0.493 e. The van der Waals surface area contributed by atoms with Gasteiger partial charge in [0.2, 0.25) is 18.6 Å². The molecule has 1 atom stereocenters. The van der Waals surface area contributed by atoms with E-state index in [0.29, 0.717) is 35.9 Å². The molecule has 9 nitrogen and oxygen atoms in total. The highest BCUT2D eigenvalue weighted by molar-refractivity contribution is 5.91. The van der Waals surface area contributed by atoms with Crippen molar-refractivity contribution >= 4 is 17.5 Å². The minimum atomic E-state index is -0.0254. The van der Waals surface area contributed by atoms with Crippen LogP contribution in [0.5, 0.6) is 23.0 Å². The molecule has 1 unspecified atom stereocenters.